The Hall–Kier alpha value is -2.37. The number of likely N-dealkylation sites (N-methyl/N-ethyl adjacent to an activating group) is 2. The molecule has 110 valence electrons. The number of carbonyl (C=O) groups is 3. The highest BCUT2D eigenvalue weighted by Crippen LogP contribution is 2.24. The third-order valence-corrected chi connectivity index (χ3v) is 4.23. The van der Waals surface area contributed by atoms with Crippen molar-refractivity contribution in [1.29, 1.82) is 0 Å². The summed E-state index contributed by atoms with van der Waals surface area (Å²) in [5.41, 5.74) is 2.29. The van der Waals surface area contributed by atoms with E-state index in [4.69, 9.17) is 0 Å². The van der Waals surface area contributed by atoms with Gasteiger partial charge in [-0.1, -0.05) is 24.3 Å². The van der Waals surface area contributed by atoms with Gasteiger partial charge in [-0.25, -0.2) is 4.79 Å². The number of benzene rings is 1. The van der Waals surface area contributed by atoms with Crippen molar-refractivity contribution in [2.45, 2.75) is 25.6 Å². The van der Waals surface area contributed by atoms with Crippen LogP contribution >= 0.6 is 0 Å². The van der Waals surface area contributed by atoms with E-state index in [0.29, 0.717) is 13.1 Å². The Morgan fingerprint density at radius 1 is 1.14 bits per heavy atom. The molecule has 0 radical (unpaired) electrons. The fourth-order valence-corrected chi connectivity index (χ4v) is 2.88. The van der Waals surface area contributed by atoms with Crippen LogP contribution in [0.1, 0.15) is 17.5 Å². The normalized spacial score (nSPS) is 21.2. The first kappa shape index (κ1) is 13.6. The predicted octanol–water partition coefficient (Wildman–Crippen LogP) is 0.811. The molecule has 0 aliphatic carbocycles. The van der Waals surface area contributed by atoms with E-state index in [1.807, 2.05) is 24.3 Å². The van der Waals surface area contributed by atoms with Gasteiger partial charge in [0.2, 0.25) is 5.91 Å². The number of carbonyl (C=O) groups excluding carboxylic acids is 3. The maximum Gasteiger partial charge on any atom is 0.326 e. The Morgan fingerprint density at radius 3 is 2.19 bits per heavy atom. The van der Waals surface area contributed by atoms with Gasteiger partial charge in [-0.3, -0.25) is 14.5 Å². The summed E-state index contributed by atoms with van der Waals surface area (Å²) < 4.78 is 0. The largest absolute Gasteiger partial charge is 0.334 e. The van der Waals surface area contributed by atoms with Gasteiger partial charge in [0.15, 0.2) is 0 Å². The molecule has 0 N–H and O–H groups in total. The molecule has 0 saturated carbocycles. The zero-order valence-corrected chi connectivity index (χ0v) is 12.1. The fourth-order valence-electron chi connectivity index (χ4n) is 2.88. The summed E-state index contributed by atoms with van der Waals surface area (Å²) in [7, 11) is 3.00. The second kappa shape index (κ2) is 4.87. The molecule has 2 aliphatic heterocycles. The Labute approximate surface area is 122 Å². The molecule has 4 amide bonds. The standard InChI is InChI=1S/C15H17N3O3/c1-16-12(14(20)17(2)15(16)21)7-13(19)18-8-10-5-3-4-6-11(10)9-18/h3-6,12H,7-9H2,1-2H3. The molecule has 0 bridgehead atoms. The zero-order valence-electron chi connectivity index (χ0n) is 12.1. The lowest BCUT2D eigenvalue weighted by Crippen LogP contribution is -2.37. The minimum absolute atomic E-state index is 0.0411. The van der Waals surface area contributed by atoms with E-state index in [1.165, 1.54) is 11.9 Å². The molecule has 1 unspecified atom stereocenters. The second-order valence-electron chi connectivity index (χ2n) is 5.53. The van der Waals surface area contributed by atoms with Gasteiger partial charge in [-0.2, -0.15) is 0 Å². The lowest BCUT2D eigenvalue weighted by molar-refractivity contribution is -0.136. The molecule has 6 heteroatoms. The molecule has 1 saturated heterocycles. The zero-order chi connectivity index (χ0) is 15.1. The van der Waals surface area contributed by atoms with Crippen LogP contribution in [-0.2, 0) is 22.7 Å². The number of imide groups is 1. The molecular formula is C15H17N3O3. The van der Waals surface area contributed by atoms with Gasteiger partial charge in [0, 0.05) is 27.2 Å². The maximum atomic E-state index is 12.4. The number of hydrogen-bond donors (Lipinski definition) is 0. The van der Waals surface area contributed by atoms with Crippen LogP contribution in [-0.4, -0.2) is 52.7 Å². The van der Waals surface area contributed by atoms with Crippen LogP contribution < -0.4 is 0 Å². The first-order chi connectivity index (χ1) is 9.99. The summed E-state index contributed by atoms with van der Waals surface area (Å²) in [4.78, 5) is 40.2. The lowest BCUT2D eigenvalue weighted by Gasteiger charge is -2.20. The molecule has 1 aromatic rings. The van der Waals surface area contributed by atoms with Crippen LogP contribution in [0.25, 0.3) is 0 Å². The summed E-state index contributed by atoms with van der Waals surface area (Å²) in [6, 6.07) is 6.88. The van der Waals surface area contributed by atoms with Gasteiger partial charge in [0.1, 0.15) is 6.04 Å². The third kappa shape index (κ3) is 2.16. The summed E-state index contributed by atoms with van der Waals surface area (Å²) in [5.74, 6) is -0.410. The molecule has 3 rings (SSSR count). The van der Waals surface area contributed by atoms with E-state index >= 15 is 0 Å². The first-order valence-corrected chi connectivity index (χ1v) is 6.88. The molecule has 2 heterocycles. The molecule has 1 atom stereocenters. The van der Waals surface area contributed by atoms with Crippen LogP contribution in [0.15, 0.2) is 24.3 Å². The molecule has 0 aromatic heterocycles. The smallest absolute Gasteiger partial charge is 0.326 e. The van der Waals surface area contributed by atoms with Crippen LogP contribution in [0, 0.1) is 0 Å². The van der Waals surface area contributed by atoms with Crippen molar-refractivity contribution >= 4 is 17.8 Å². The van der Waals surface area contributed by atoms with Crippen molar-refractivity contribution in [3.8, 4) is 0 Å². The number of amides is 4. The Balaban J connectivity index is 1.69. The van der Waals surface area contributed by atoms with Gasteiger partial charge < -0.3 is 9.80 Å². The minimum Gasteiger partial charge on any atom is -0.334 e. The minimum atomic E-state index is -0.682. The van der Waals surface area contributed by atoms with Gasteiger partial charge in [-0.15, -0.1) is 0 Å². The van der Waals surface area contributed by atoms with E-state index in [-0.39, 0.29) is 24.3 Å². The highest BCUT2D eigenvalue weighted by molar-refractivity contribution is 6.05. The van der Waals surface area contributed by atoms with Gasteiger partial charge in [0.25, 0.3) is 5.91 Å². The fraction of sp³-hybridized carbons (Fsp3) is 0.400. The van der Waals surface area contributed by atoms with Crippen LogP contribution in [0.5, 0.6) is 0 Å². The van der Waals surface area contributed by atoms with E-state index in [2.05, 4.69) is 0 Å². The van der Waals surface area contributed by atoms with E-state index in [1.54, 1.807) is 11.9 Å². The molecular weight excluding hydrogens is 270 g/mol. The number of hydrogen-bond acceptors (Lipinski definition) is 3. The number of fused-ring (bicyclic) bond motifs is 1. The van der Waals surface area contributed by atoms with Gasteiger partial charge in [-0.05, 0) is 11.1 Å². The van der Waals surface area contributed by atoms with Gasteiger partial charge >= 0.3 is 6.03 Å². The molecule has 2 aliphatic rings. The average molecular weight is 287 g/mol. The number of nitrogens with zero attached hydrogens (tertiary/aromatic N) is 3. The number of urea groups is 1. The highest BCUT2D eigenvalue weighted by atomic mass is 16.2. The lowest BCUT2D eigenvalue weighted by atomic mass is 10.1. The van der Waals surface area contributed by atoms with Crippen molar-refractivity contribution in [2.24, 2.45) is 0 Å². The monoisotopic (exact) mass is 287 g/mol. The molecule has 6 nitrogen and oxygen atoms in total. The molecule has 21 heavy (non-hydrogen) atoms. The summed E-state index contributed by atoms with van der Waals surface area (Å²) in [6.45, 7) is 1.15. The van der Waals surface area contributed by atoms with Crippen molar-refractivity contribution < 1.29 is 14.4 Å². The van der Waals surface area contributed by atoms with Crippen molar-refractivity contribution in [3.05, 3.63) is 35.4 Å². The van der Waals surface area contributed by atoms with E-state index < -0.39 is 6.04 Å². The second-order valence-corrected chi connectivity index (χ2v) is 5.53. The molecule has 0 spiro atoms. The quantitative estimate of drug-likeness (QED) is 0.756. The van der Waals surface area contributed by atoms with Crippen LogP contribution in [0.2, 0.25) is 0 Å². The molecule has 1 aromatic carbocycles. The van der Waals surface area contributed by atoms with E-state index in [0.717, 1.165) is 16.0 Å². The van der Waals surface area contributed by atoms with Crippen LogP contribution in [0.3, 0.4) is 0 Å². The third-order valence-electron chi connectivity index (χ3n) is 4.23. The Kier molecular flexibility index (Phi) is 3.16. The maximum absolute atomic E-state index is 12.4. The molecule has 1 fully saturated rings. The van der Waals surface area contributed by atoms with E-state index in [9.17, 15) is 14.4 Å². The average Bonchev–Trinajstić information content (AvgIpc) is 2.99. The Bertz CT molecular complexity index is 603. The van der Waals surface area contributed by atoms with Crippen molar-refractivity contribution in [3.63, 3.8) is 0 Å². The number of rotatable bonds is 2. The summed E-state index contributed by atoms with van der Waals surface area (Å²) in [6.07, 6.45) is 0.0411. The summed E-state index contributed by atoms with van der Waals surface area (Å²) in [5, 5.41) is 0. The topological polar surface area (TPSA) is 60.9 Å². The Morgan fingerprint density at radius 2 is 1.71 bits per heavy atom. The van der Waals surface area contributed by atoms with Crippen molar-refractivity contribution in [2.75, 3.05) is 14.1 Å². The van der Waals surface area contributed by atoms with Crippen LogP contribution in [0.4, 0.5) is 4.79 Å². The predicted molar refractivity (Wildman–Crippen MR) is 75.0 cm³/mol. The van der Waals surface area contributed by atoms with Crippen molar-refractivity contribution in [1.82, 2.24) is 14.7 Å². The first-order valence-electron chi connectivity index (χ1n) is 6.88. The SMILES string of the molecule is CN1C(=O)C(CC(=O)N2Cc3ccccc3C2)N(C)C1=O. The summed E-state index contributed by atoms with van der Waals surface area (Å²) >= 11 is 0. The van der Waals surface area contributed by atoms with Gasteiger partial charge in [0.05, 0.1) is 6.42 Å². The highest BCUT2D eigenvalue weighted by Gasteiger charge is 2.42.